The smallest absolute Gasteiger partial charge is 0.416 e. The number of hydrogen-bond donors (Lipinski definition) is 2. The standard InChI is InChI=1S/C18H17FN4O7S/c1-10-17(20-11(2)24)30-18(25)22(10)13-5-8-16(15(19)9-13)21-31(28,29)14-6-3-12(4-7-14)23(26)27/h3-10,17,21H,1-2H3,(H,20,24)/t10?,17-/m0/s1. The van der Waals surface area contributed by atoms with Crippen molar-refractivity contribution in [1.29, 1.82) is 0 Å². The lowest BCUT2D eigenvalue weighted by Crippen LogP contribution is -2.43. The van der Waals surface area contributed by atoms with Gasteiger partial charge in [-0.05, 0) is 37.3 Å². The van der Waals surface area contributed by atoms with Gasteiger partial charge in [0.05, 0.1) is 27.2 Å². The zero-order valence-electron chi connectivity index (χ0n) is 16.2. The van der Waals surface area contributed by atoms with Crippen LogP contribution >= 0.6 is 0 Å². The molecule has 11 nitrogen and oxygen atoms in total. The second-order valence-corrected chi connectivity index (χ2v) is 8.32. The maximum absolute atomic E-state index is 14.6. The van der Waals surface area contributed by atoms with E-state index in [0.29, 0.717) is 0 Å². The molecule has 2 aromatic carbocycles. The third kappa shape index (κ3) is 4.55. The molecule has 1 aliphatic rings. The molecule has 2 atom stereocenters. The molecular weight excluding hydrogens is 435 g/mol. The van der Waals surface area contributed by atoms with E-state index >= 15 is 0 Å². The van der Waals surface area contributed by atoms with Crippen LogP contribution in [-0.4, -0.2) is 37.6 Å². The molecule has 1 aliphatic heterocycles. The number of nitro benzene ring substituents is 1. The number of amides is 2. The Labute approximate surface area is 176 Å². The Hall–Kier alpha value is -3.74. The van der Waals surface area contributed by atoms with Crippen LogP contribution < -0.4 is 14.9 Å². The van der Waals surface area contributed by atoms with Gasteiger partial charge in [-0.15, -0.1) is 0 Å². The Bertz CT molecular complexity index is 1150. The Balaban J connectivity index is 1.81. The first kappa shape index (κ1) is 22.0. The van der Waals surface area contributed by atoms with Gasteiger partial charge in [-0.2, -0.15) is 0 Å². The van der Waals surface area contributed by atoms with E-state index in [0.717, 1.165) is 41.3 Å². The van der Waals surface area contributed by atoms with Crippen LogP contribution in [0.25, 0.3) is 0 Å². The fraction of sp³-hybridized carbons (Fsp3) is 0.222. The number of nitro groups is 1. The van der Waals surface area contributed by atoms with E-state index in [1.165, 1.54) is 13.0 Å². The third-order valence-corrected chi connectivity index (χ3v) is 5.83. The molecule has 1 saturated heterocycles. The van der Waals surface area contributed by atoms with Crippen LogP contribution in [0.5, 0.6) is 0 Å². The van der Waals surface area contributed by atoms with Crippen LogP contribution in [-0.2, 0) is 19.6 Å². The molecule has 3 rings (SSSR count). The quantitative estimate of drug-likeness (QED) is 0.505. The molecule has 2 amide bonds. The number of halogens is 1. The third-order valence-electron chi connectivity index (χ3n) is 4.45. The Morgan fingerprint density at radius 2 is 1.87 bits per heavy atom. The number of nitrogens with zero attached hydrogens (tertiary/aromatic N) is 2. The van der Waals surface area contributed by atoms with Crippen LogP contribution in [0.1, 0.15) is 13.8 Å². The number of cyclic esters (lactones) is 1. The molecule has 0 radical (unpaired) electrons. The predicted octanol–water partition coefficient (Wildman–Crippen LogP) is 2.34. The maximum Gasteiger partial charge on any atom is 0.416 e. The molecule has 0 aromatic heterocycles. The van der Waals surface area contributed by atoms with Crippen LogP contribution in [0, 0.1) is 15.9 Å². The topological polar surface area (TPSA) is 148 Å². The van der Waals surface area contributed by atoms with E-state index in [1.54, 1.807) is 6.92 Å². The minimum absolute atomic E-state index is 0.0983. The number of rotatable bonds is 6. The average molecular weight is 452 g/mol. The molecule has 2 aromatic rings. The number of hydrogen-bond acceptors (Lipinski definition) is 7. The molecule has 164 valence electrons. The van der Waals surface area contributed by atoms with E-state index in [2.05, 4.69) is 10.0 Å². The van der Waals surface area contributed by atoms with Crippen molar-refractivity contribution >= 4 is 39.1 Å². The number of ether oxygens (including phenoxy) is 1. The molecule has 0 bridgehead atoms. The van der Waals surface area contributed by atoms with E-state index < -0.39 is 45.0 Å². The summed E-state index contributed by atoms with van der Waals surface area (Å²) in [4.78, 5) is 34.2. The Morgan fingerprint density at radius 3 is 2.42 bits per heavy atom. The van der Waals surface area contributed by atoms with Gasteiger partial charge >= 0.3 is 6.09 Å². The second kappa shape index (κ2) is 8.18. The number of non-ortho nitro benzene ring substituents is 1. The van der Waals surface area contributed by atoms with Gasteiger partial charge in [0.2, 0.25) is 5.91 Å². The van der Waals surface area contributed by atoms with Crippen LogP contribution in [0.15, 0.2) is 47.4 Å². The summed E-state index contributed by atoms with van der Waals surface area (Å²) in [6, 6.07) is 6.82. The van der Waals surface area contributed by atoms with Gasteiger partial charge in [0.25, 0.3) is 15.7 Å². The average Bonchev–Trinajstić information content (AvgIpc) is 2.96. The van der Waals surface area contributed by atoms with Gasteiger partial charge in [-0.25, -0.2) is 17.6 Å². The normalized spacial score (nSPS) is 18.4. The number of sulfonamides is 1. The van der Waals surface area contributed by atoms with Crippen LogP contribution in [0.4, 0.5) is 26.2 Å². The highest BCUT2D eigenvalue weighted by atomic mass is 32.2. The van der Waals surface area contributed by atoms with Crippen molar-refractivity contribution in [2.75, 3.05) is 9.62 Å². The summed E-state index contributed by atoms with van der Waals surface area (Å²) in [5.74, 6) is -1.38. The molecule has 1 fully saturated rings. The van der Waals surface area contributed by atoms with E-state index in [-0.39, 0.29) is 22.0 Å². The SMILES string of the molecule is CC(=O)N[C@H]1OC(=O)N(c2ccc(NS(=O)(=O)c3ccc([N+](=O)[O-])cc3)c(F)c2)C1C. The van der Waals surface area contributed by atoms with Crippen LogP contribution in [0.3, 0.4) is 0 Å². The molecule has 1 heterocycles. The summed E-state index contributed by atoms with van der Waals surface area (Å²) in [6.45, 7) is 2.85. The minimum Gasteiger partial charge on any atom is -0.423 e. The molecule has 13 heteroatoms. The van der Waals surface area contributed by atoms with Crippen molar-refractivity contribution in [1.82, 2.24) is 5.32 Å². The number of carbonyl (C=O) groups is 2. The zero-order valence-corrected chi connectivity index (χ0v) is 17.1. The van der Waals surface area contributed by atoms with E-state index in [4.69, 9.17) is 4.74 Å². The lowest BCUT2D eigenvalue weighted by atomic mass is 10.2. The van der Waals surface area contributed by atoms with Crippen molar-refractivity contribution in [3.05, 3.63) is 58.4 Å². The van der Waals surface area contributed by atoms with Crippen molar-refractivity contribution in [2.45, 2.75) is 31.0 Å². The van der Waals surface area contributed by atoms with Gasteiger partial charge in [-0.1, -0.05) is 0 Å². The summed E-state index contributed by atoms with van der Waals surface area (Å²) in [7, 11) is -4.22. The highest BCUT2D eigenvalue weighted by Gasteiger charge is 2.40. The van der Waals surface area contributed by atoms with Gasteiger partial charge < -0.3 is 10.1 Å². The van der Waals surface area contributed by atoms with Crippen molar-refractivity contribution < 1.29 is 32.1 Å². The van der Waals surface area contributed by atoms with E-state index in [1.807, 2.05) is 0 Å². The molecular formula is C18H17FN4O7S. The minimum atomic E-state index is -4.22. The first-order valence-electron chi connectivity index (χ1n) is 8.83. The number of anilines is 2. The first-order chi connectivity index (χ1) is 14.5. The largest absolute Gasteiger partial charge is 0.423 e. The van der Waals surface area contributed by atoms with Crippen molar-refractivity contribution in [2.24, 2.45) is 0 Å². The van der Waals surface area contributed by atoms with Crippen molar-refractivity contribution in [3.63, 3.8) is 0 Å². The predicted molar refractivity (Wildman–Crippen MR) is 106 cm³/mol. The molecule has 2 N–H and O–H groups in total. The summed E-state index contributed by atoms with van der Waals surface area (Å²) < 4.78 is 46.6. The lowest BCUT2D eigenvalue weighted by Gasteiger charge is -2.21. The Morgan fingerprint density at radius 1 is 1.23 bits per heavy atom. The molecule has 1 unspecified atom stereocenters. The summed E-state index contributed by atoms with van der Waals surface area (Å²) >= 11 is 0. The zero-order chi connectivity index (χ0) is 22.9. The fourth-order valence-electron chi connectivity index (χ4n) is 2.94. The summed E-state index contributed by atoms with van der Waals surface area (Å²) in [5.41, 5.74) is -0.583. The lowest BCUT2D eigenvalue weighted by molar-refractivity contribution is -0.384. The van der Waals surface area contributed by atoms with E-state index in [9.17, 15) is 32.5 Å². The highest BCUT2D eigenvalue weighted by Crippen LogP contribution is 2.30. The van der Waals surface area contributed by atoms with Gasteiger partial charge in [-0.3, -0.25) is 24.5 Å². The summed E-state index contributed by atoms with van der Waals surface area (Å²) in [5, 5.41) is 13.1. The number of nitrogens with one attached hydrogen (secondary N) is 2. The molecule has 0 saturated carbocycles. The fourth-order valence-corrected chi connectivity index (χ4v) is 4.01. The summed E-state index contributed by atoms with van der Waals surface area (Å²) in [6.07, 6.45) is -1.72. The maximum atomic E-state index is 14.6. The van der Waals surface area contributed by atoms with Gasteiger partial charge in [0, 0.05) is 19.1 Å². The first-order valence-corrected chi connectivity index (χ1v) is 10.3. The molecule has 0 spiro atoms. The Kier molecular flexibility index (Phi) is 5.79. The van der Waals surface area contributed by atoms with Gasteiger partial charge in [0.15, 0.2) is 6.23 Å². The molecule has 0 aliphatic carbocycles. The molecule has 31 heavy (non-hydrogen) atoms. The van der Waals surface area contributed by atoms with Crippen LogP contribution in [0.2, 0.25) is 0 Å². The second-order valence-electron chi connectivity index (χ2n) is 6.64. The number of carbonyl (C=O) groups excluding carboxylic acids is 2. The highest BCUT2D eigenvalue weighted by molar-refractivity contribution is 7.92. The number of benzene rings is 2. The monoisotopic (exact) mass is 452 g/mol. The van der Waals surface area contributed by atoms with Crippen molar-refractivity contribution in [3.8, 4) is 0 Å². The van der Waals surface area contributed by atoms with Gasteiger partial charge in [0.1, 0.15) is 5.82 Å².